The quantitative estimate of drug-likeness (QED) is 0.744. The number of benzene rings is 1. The number of aryl methyl sites for hydroxylation is 1. The summed E-state index contributed by atoms with van der Waals surface area (Å²) in [7, 11) is 0. The molecule has 0 unspecified atom stereocenters. The van der Waals surface area contributed by atoms with E-state index in [4.69, 9.17) is 9.15 Å². The largest absolute Gasteiger partial charge is 0.449 e. The number of nitrogens with zero attached hydrogens (tertiary/aromatic N) is 3. The van der Waals surface area contributed by atoms with Crippen molar-refractivity contribution in [2.75, 3.05) is 0 Å². The number of hydrogen-bond donors (Lipinski definition) is 1. The predicted molar refractivity (Wildman–Crippen MR) is 76.8 cm³/mol. The van der Waals surface area contributed by atoms with Crippen molar-refractivity contribution in [2.45, 2.75) is 20.0 Å². The van der Waals surface area contributed by atoms with E-state index in [1.807, 2.05) is 0 Å². The Morgan fingerprint density at radius 1 is 1.30 bits per heavy atom. The molecule has 1 N–H and O–H groups in total. The third kappa shape index (κ3) is 3.10. The van der Waals surface area contributed by atoms with Gasteiger partial charge in [-0.3, -0.25) is 5.10 Å². The number of carbonyl (C=O) groups excluding carboxylic acids is 1. The highest BCUT2D eigenvalue weighted by Crippen LogP contribution is 2.24. The second kappa shape index (κ2) is 5.99. The van der Waals surface area contributed by atoms with Crippen molar-refractivity contribution in [3.63, 3.8) is 0 Å². The van der Waals surface area contributed by atoms with Gasteiger partial charge in [0.1, 0.15) is 11.4 Å². The molecule has 3 rings (SSSR count). The monoisotopic (exact) mass is 316 g/mol. The zero-order chi connectivity index (χ0) is 16.4. The van der Waals surface area contributed by atoms with Crippen molar-refractivity contribution in [1.29, 1.82) is 0 Å². The van der Waals surface area contributed by atoms with Gasteiger partial charge in [-0.05, 0) is 31.2 Å². The Kier molecular flexibility index (Phi) is 3.88. The molecule has 1 atom stereocenters. The SMILES string of the molecule is Cc1nnc([C@H](C)OC(=O)c2cn[nH]c2-c2ccc(F)cc2)o1. The normalized spacial score (nSPS) is 12.1. The number of hydrogen-bond acceptors (Lipinski definition) is 6. The maximum absolute atomic E-state index is 13.0. The van der Waals surface area contributed by atoms with Gasteiger partial charge in [-0.1, -0.05) is 0 Å². The highest BCUT2D eigenvalue weighted by Gasteiger charge is 2.22. The average Bonchev–Trinajstić information content (AvgIpc) is 3.17. The van der Waals surface area contributed by atoms with Crippen LogP contribution in [0.4, 0.5) is 4.39 Å². The van der Waals surface area contributed by atoms with Crippen molar-refractivity contribution in [1.82, 2.24) is 20.4 Å². The number of aromatic amines is 1. The van der Waals surface area contributed by atoms with E-state index in [1.165, 1.54) is 18.3 Å². The Bertz CT molecular complexity index is 825. The molecule has 0 saturated carbocycles. The Morgan fingerprint density at radius 2 is 2.04 bits per heavy atom. The van der Waals surface area contributed by atoms with E-state index < -0.39 is 12.1 Å². The fraction of sp³-hybridized carbons (Fsp3) is 0.200. The van der Waals surface area contributed by atoms with Gasteiger partial charge in [0.25, 0.3) is 5.89 Å². The number of esters is 1. The highest BCUT2D eigenvalue weighted by atomic mass is 19.1. The predicted octanol–water partition coefficient (Wildman–Crippen LogP) is 2.83. The average molecular weight is 316 g/mol. The van der Waals surface area contributed by atoms with Crippen LogP contribution in [0.2, 0.25) is 0 Å². The minimum absolute atomic E-state index is 0.211. The van der Waals surface area contributed by atoms with Crippen molar-refractivity contribution < 1.29 is 18.3 Å². The molecule has 0 amide bonds. The molecule has 2 heterocycles. The van der Waals surface area contributed by atoms with Gasteiger partial charge in [0, 0.05) is 12.5 Å². The zero-order valence-corrected chi connectivity index (χ0v) is 12.4. The van der Waals surface area contributed by atoms with Gasteiger partial charge >= 0.3 is 5.97 Å². The summed E-state index contributed by atoms with van der Waals surface area (Å²) in [6, 6.07) is 5.69. The van der Waals surface area contributed by atoms with Crippen LogP contribution in [0, 0.1) is 12.7 Å². The van der Waals surface area contributed by atoms with E-state index in [2.05, 4.69) is 20.4 Å². The fourth-order valence-electron chi connectivity index (χ4n) is 2.03. The first kappa shape index (κ1) is 14.9. The third-order valence-corrected chi connectivity index (χ3v) is 3.17. The number of nitrogens with one attached hydrogen (secondary N) is 1. The van der Waals surface area contributed by atoms with Crippen LogP contribution in [0.5, 0.6) is 0 Å². The molecular weight excluding hydrogens is 303 g/mol. The summed E-state index contributed by atoms with van der Waals surface area (Å²) < 4.78 is 23.5. The standard InChI is InChI=1S/C15H13FN4O3/c1-8(14-20-18-9(2)23-14)22-15(21)12-7-17-19-13(12)10-3-5-11(16)6-4-10/h3-8H,1-2H3,(H,17,19)/t8-/m0/s1. The summed E-state index contributed by atoms with van der Waals surface area (Å²) >= 11 is 0. The summed E-state index contributed by atoms with van der Waals surface area (Å²) in [6.07, 6.45) is 0.659. The molecule has 3 aromatic rings. The first-order chi connectivity index (χ1) is 11.0. The fourth-order valence-corrected chi connectivity index (χ4v) is 2.03. The first-order valence-corrected chi connectivity index (χ1v) is 6.85. The molecule has 7 nitrogen and oxygen atoms in total. The van der Waals surface area contributed by atoms with Crippen LogP contribution in [0.25, 0.3) is 11.3 Å². The molecule has 0 radical (unpaired) electrons. The molecule has 0 aliphatic heterocycles. The van der Waals surface area contributed by atoms with E-state index in [9.17, 15) is 9.18 Å². The molecule has 0 bridgehead atoms. The van der Waals surface area contributed by atoms with Crippen molar-refractivity contribution in [3.05, 3.63) is 53.6 Å². The molecule has 0 aliphatic rings. The molecule has 118 valence electrons. The number of aromatic nitrogens is 4. The molecule has 0 spiro atoms. The molecule has 0 saturated heterocycles. The second-order valence-corrected chi connectivity index (χ2v) is 4.87. The second-order valence-electron chi connectivity index (χ2n) is 4.87. The maximum Gasteiger partial charge on any atom is 0.342 e. The van der Waals surface area contributed by atoms with Gasteiger partial charge in [0.15, 0.2) is 6.10 Å². The van der Waals surface area contributed by atoms with Crippen LogP contribution in [0.3, 0.4) is 0 Å². The Labute approximate surface area is 130 Å². The smallest absolute Gasteiger partial charge is 0.342 e. The van der Waals surface area contributed by atoms with E-state index in [0.717, 1.165) is 0 Å². The first-order valence-electron chi connectivity index (χ1n) is 6.85. The van der Waals surface area contributed by atoms with Gasteiger partial charge in [-0.25, -0.2) is 9.18 Å². The summed E-state index contributed by atoms with van der Waals surface area (Å²) in [5.41, 5.74) is 1.31. The Morgan fingerprint density at radius 3 is 2.70 bits per heavy atom. The molecular formula is C15H13FN4O3. The maximum atomic E-state index is 13.0. The van der Waals surface area contributed by atoms with Crippen LogP contribution < -0.4 is 0 Å². The number of H-pyrrole nitrogens is 1. The Balaban J connectivity index is 1.81. The lowest BCUT2D eigenvalue weighted by atomic mass is 10.1. The molecule has 0 aliphatic carbocycles. The molecule has 1 aromatic carbocycles. The van der Waals surface area contributed by atoms with Crippen LogP contribution >= 0.6 is 0 Å². The molecule has 23 heavy (non-hydrogen) atoms. The summed E-state index contributed by atoms with van der Waals surface area (Å²) in [5.74, 6) is -0.361. The summed E-state index contributed by atoms with van der Waals surface area (Å²) in [4.78, 5) is 12.3. The Hall–Kier alpha value is -3.03. The zero-order valence-electron chi connectivity index (χ0n) is 12.4. The topological polar surface area (TPSA) is 93.9 Å². The lowest BCUT2D eigenvalue weighted by Gasteiger charge is -2.09. The van der Waals surface area contributed by atoms with Gasteiger partial charge in [0.2, 0.25) is 5.89 Å². The van der Waals surface area contributed by atoms with Crippen LogP contribution in [0.15, 0.2) is 34.9 Å². The van der Waals surface area contributed by atoms with Crippen molar-refractivity contribution in [3.8, 4) is 11.3 Å². The minimum atomic E-state index is -0.695. The van der Waals surface area contributed by atoms with Gasteiger partial charge in [-0.15, -0.1) is 10.2 Å². The van der Waals surface area contributed by atoms with Gasteiger partial charge in [0.05, 0.1) is 11.9 Å². The van der Waals surface area contributed by atoms with Crippen LogP contribution in [-0.4, -0.2) is 26.4 Å². The summed E-state index contributed by atoms with van der Waals surface area (Å²) in [6.45, 7) is 3.27. The van der Waals surface area contributed by atoms with E-state index in [-0.39, 0.29) is 17.3 Å². The van der Waals surface area contributed by atoms with E-state index in [0.29, 0.717) is 17.1 Å². The van der Waals surface area contributed by atoms with Crippen LogP contribution in [-0.2, 0) is 4.74 Å². The lowest BCUT2D eigenvalue weighted by Crippen LogP contribution is -2.10. The van der Waals surface area contributed by atoms with E-state index in [1.54, 1.807) is 26.0 Å². The lowest BCUT2D eigenvalue weighted by molar-refractivity contribution is 0.0278. The van der Waals surface area contributed by atoms with E-state index >= 15 is 0 Å². The minimum Gasteiger partial charge on any atom is -0.449 e. The van der Waals surface area contributed by atoms with Crippen LogP contribution in [0.1, 0.15) is 35.2 Å². The molecule has 0 fully saturated rings. The molecule has 2 aromatic heterocycles. The van der Waals surface area contributed by atoms with Gasteiger partial charge in [-0.2, -0.15) is 5.10 Å². The number of rotatable bonds is 4. The highest BCUT2D eigenvalue weighted by molar-refractivity contribution is 5.96. The van der Waals surface area contributed by atoms with Crippen molar-refractivity contribution >= 4 is 5.97 Å². The number of carbonyl (C=O) groups is 1. The number of ether oxygens (including phenoxy) is 1. The van der Waals surface area contributed by atoms with Crippen molar-refractivity contribution in [2.24, 2.45) is 0 Å². The third-order valence-electron chi connectivity index (χ3n) is 3.17. The molecule has 8 heteroatoms. The van der Waals surface area contributed by atoms with Gasteiger partial charge < -0.3 is 9.15 Å². The summed E-state index contributed by atoms with van der Waals surface area (Å²) in [5, 5.41) is 14.1. The number of halogens is 1.